The number of rotatable bonds is 7. The predicted octanol–water partition coefficient (Wildman–Crippen LogP) is 15.1. The Morgan fingerprint density at radius 2 is 1.07 bits per heavy atom. The number of anilines is 3. The van der Waals surface area contributed by atoms with Gasteiger partial charge in [-0.3, -0.25) is 0 Å². The summed E-state index contributed by atoms with van der Waals surface area (Å²) in [6.45, 7) is 2.04. The van der Waals surface area contributed by atoms with Gasteiger partial charge < -0.3 is 9.32 Å². The second kappa shape index (κ2) is 13.7. The molecule has 9 aromatic carbocycles. The molecule has 0 spiro atoms. The summed E-state index contributed by atoms with van der Waals surface area (Å²) in [7, 11) is 0. The minimum Gasteiger partial charge on any atom is -0.455 e. The van der Waals surface area contributed by atoms with Crippen molar-refractivity contribution in [2.75, 3.05) is 4.90 Å². The molecule has 1 heterocycles. The Bertz CT molecular complexity index is 3290. The molecule has 0 atom stereocenters. The Kier molecular flexibility index (Phi) is 7.02. The van der Waals surface area contributed by atoms with Gasteiger partial charge in [0.05, 0.1) is 10.9 Å². The van der Waals surface area contributed by atoms with E-state index in [1.165, 1.54) is 5.56 Å². The van der Waals surface area contributed by atoms with Crippen LogP contribution in [0.2, 0.25) is 0 Å². The number of hydrogen-bond acceptors (Lipinski definition) is 2. The minimum atomic E-state index is -0.688. The zero-order valence-corrected chi connectivity index (χ0v) is 31.8. The summed E-state index contributed by atoms with van der Waals surface area (Å²) in [6, 6.07) is 65.6. The van der Waals surface area contributed by atoms with E-state index >= 15 is 0 Å². The van der Waals surface area contributed by atoms with Crippen molar-refractivity contribution < 1.29 is 9.90 Å². The summed E-state index contributed by atoms with van der Waals surface area (Å²) in [4.78, 5) is 1.93. The first-order chi connectivity index (χ1) is 30.4. The number of benzene rings is 9. The Hall–Kier alpha value is -7.42. The van der Waals surface area contributed by atoms with Gasteiger partial charge in [0.15, 0.2) is 0 Å². The molecule has 0 saturated heterocycles. The molecular weight excluding hydrogens is 703 g/mol. The monoisotopic (exact) mass is 745 g/mol. The minimum absolute atomic E-state index is 0.144. The molecule has 2 nitrogen and oxygen atoms in total. The van der Waals surface area contributed by atoms with E-state index in [0.717, 1.165) is 66.7 Å². The highest BCUT2D eigenvalue weighted by Crippen LogP contribution is 2.57. The fraction of sp³-hybridized carbons (Fsp3) is 0.0357. The molecule has 1 aliphatic carbocycles. The van der Waals surface area contributed by atoms with E-state index in [-0.39, 0.29) is 35.4 Å². The summed E-state index contributed by atoms with van der Waals surface area (Å²) >= 11 is 0. The van der Waals surface area contributed by atoms with Crippen LogP contribution in [0.5, 0.6) is 0 Å². The van der Waals surface area contributed by atoms with E-state index in [4.69, 9.17) is 4.42 Å². The zero-order chi connectivity index (χ0) is 42.1. The molecular formula is C56H39NO. The number of furan rings is 1. The SMILES string of the molecule is [2H]c1c([2H])c(N(c2ccc3c(c2)C(c2ccccc2)(c2ccccc2)c2ccccc2-3)c2ccc(-c3ccccc3)cc2C)c([2H])c([2H])c1-c1cccc2c1oc1ccccc12. The van der Waals surface area contributed by atoms with E-state index < -0.39 is 5.41 Å². The van der Waals surface area contributed by atoms with Crippen molar-refractivity contribution >= 4 is 39.0 Å². The molecule has 0 radical (unpaired) electrons. The fourth-order valence-electron chi connectivity index (χ4n) is 9.17. The maximum Gasteiger partial charge on any atom is 0.143 e. The van der Waals surface area contributed by atoms with Gasteiger partial charge in [-0.2, -0.15) is 0 Å². The molecule has 0 unspecified atom stereocenters. The average Bonchev–Trinajstić information content (AvgIpc) is 3.85. The lowest BCUT2D eigenvalue weighted by Crippen LogP contribution is -2.28. The molecule has 0 saturated carbocycles. The summed E-state index contributed by atoms with van der Waals surface area (Å²) in [5, 5.41) is 1.78. The number of nitrogens with zero attached hydrogens (tertiary/aromatic N) is 1. The normalized spacial score (nSPS) is 13.7. The van der Waals surface area contributed by atoms with Gasteiger partial charge in [0.2, 0.25) is 0 Å². The molecule has 0 fully saturated rings. The highest BCUT2D eigenvalue weighted by Gasteiger charge is 2.46. The topological polar surface area (TPSA) is 16.4 Å². The van der Waals surface area contributed by atoms with Crippen molar-refractivity contribution in [3.8, 4) is 33.4 Å². The number of fused-ring (bicyclic) bond motifs is 6. The Morgan fingerprint density at radius 1 is 0.448 bits per heavy atom. The van der Waals surface area contributed by atoms with Crippen LogP contribution in [0.4, 0.5) is 17.1 Å². The summed E-state index contributed by atoms with van der Waals surface area (Å²) in [5.74, 6) is 0. The maximum absolute atomic E-state index is 9.86. The van der Waals surface area contributed by atoms with Crippen LogP contribution in [0.15, 0.2) is 223 Å². The van der Waals surface area contributed by atoms with E-state index in [2.05, 4.69) is 115 Å². The molecule has 1 aliphatic rings. The van der Waals surface area contributed by atoms with Crippen LogP contribution < -0.4 is 4.90 Å². The first-order valence-electron chi connectivity index (χ1n) is 21.7. The lowest BCUT2D eigenvalue weighted by Gasteiger charge is -2.35. The third kappa shape index (κ3) is 5.26. The van der Waals surface area contributed by atoms with Gasteiger partial charge >= 0.3 is 0 Å². The van der Waals surface area contributed by atoms with Gasteiger partial charge in [0.25, 0.3) is 0 Å². The zero-order valence-electron chi connectivity index (χ0n) is 35.8. The van der Waals surface area contributed by atoms with Gasteiger partial charge in [-0.25, -0.2) is 0 Å². The second-order valence-electron chi connectivity index (χ2n) is 15.0. The molecule has 274 valence electrons. The first-order valence-corrected chi connectivity index (χ1v) is 19.7. The van der Waals surface area contributed by atoms with E-state index in [0.29, 0.717) is 16.7 Å². The molecule has 0 bridgehead atoms. The maximum atomic E-state index is 9.86. The molecule has 0 amide bonds. The van der Waals surface area contributed by atoms with Crippen LogP contribution in [-0.4, -0.2) is 0 Å². The molecule has 2 heteroatoms. The molecule has 1 aromatic heterocycles. The Labute approximate surface area is 344 Å². The summed E-state index contributed by atoms with van der Waals surface area (Å²) in [6.07, 6.45) is 0. The Morgan fingerprint density at radius 3 is 1.81 bits per heavy atom. The van der Waals surface area contributed by atoms with Crippen molar-refractivity contribution in [1.29, 1.82) is 0 Å². The molecule has 58 heavy (non-hydrogen) atoms. The second-order valence-corrected chi connectivity index (χ2v) is 15.0. The predicted molar refractivity (Wildman–Crippen MR) is 241 cm³/mol. The van der Waals surface area contributed by atoms with Crippen molar-refractivity contribution in [1.82, 2.24) is 0 Å². The fourth-order valence-corrected chi connectivity index (χ4v) is 9.17. The van der Waals surface area contributed by atoms with Crippen LogP contribution in [-0.2, 0) is 5.41 Å². The number of para-hydroxylation sites is 2. The summed E-state index contributed by atoms with van der Waals surface area (Å²) < 4.78 is 45.4. The third-order valence-electron chi connectivity index (χ3n) is 11.8. The molecule has 10 aromatic rings. The van der Waals surface area contributed by atoms with E-state index in [9.17, 15) is 5.48 Å². The standard InChI is InChI=1S/C56H39NO/c1-38-36-41(39-16-5-2-6-17-39)30-35-53(38)57(44-31-28-40(29-32-44)46-24-15-25-50-49-23-12-14-27-54(49)58-55(46)50)45-33-34-48-47-22-11-13-26-51(47)56(52(48)37-45,42-18-7-3-8-19-42)43-20-9-4-10-21-43/h2-37H,1H3/i28D,29D,31D,32D. The van der Waals surface area contributed by atoms with Crippen LogP contribution in [0.1, 0.15) is 33.3 Å². The van der Waals surface area contributed by atoms with Gasteiger partial charge in [0.1, 0.15) is 11.2 Å². The van der Waals surface area contributed by atoms with Crippen molar-refractivity contribution in [2.24, 2.45) is 0 Å². The summed E-state index contributed by atoms with van der Waals surface area (Å²) in [5.41, 5.74) is 12.6. The molecule has 11 rings (SSSR count). The average molecular weight is 746 g/mol. The first kappa shape index (κ1) is 29.8. The lowest BCUT2D eigenvalue weighted by molar-refractivity contribution is 0.670. The van der Waals surface area contributed by atoms with E-state index in [1.807, 2.05) is 90.7 Å². The highest BCUT2D eigenvalue weighted by atomic mass is 16.3. The van der Waals surface area contributed by atoms with Crippen molar-refractivity contribution in [3.05, 3.63) is 246 Å². The van der Waals surface area contributed by atoms with Gasteiger partial charge in [-0.15, -0.1) is 0 Å². The largest absolute Gasteiger partial charge is 0.455 e. The molecule has 0 aliphatic heterocycles. The van der Waals surface area contributed by atoms with Crippen LogP contribution in [0.25, 0.3) is 55.3 Å². The van der Waals surface area contributed by atoms with Crippen molar-refractivity contribution in [2.45, 2.75) is 12.3 Å². The highest BCUT2D eigenvalue weighted by molar-refractivity contribution is 6.09. The van der Waals surface area contributed by atoms with Crippen LogP contribution in [0, 0.1) is 6.92 Å². The van der Waals surface area contributed by atoms with Crippen LogP contribution >= 0.6 is 0 Å². The number of hydrogen-bond donors (Lipinski definition) is 0. The lowest BCUT2D eigenvalue weighted by atomic mass is 9.67. The quantitative estimate of drug-likeness (QED) is 0.162. The van der Waals surface area contributed by atoms with Crippen molar-refractivity contribution in [3.63, 3.8) is 0 Å². The molecule has 0 N–H and O–H groups in total. The third-order valence-corrected chi connectivity index (χ3v) is 11.8. The van der Waals surface area contributed by atoms with Gasteiger partial charge in [-0.1, -0.05) is 176 Å². The number of aryl methyl sites for hydroxylation is 1. The van der Waals surface area contributed by atoms with E-state index in [1.54, 1.807) is 0 Å². The Balaban J connectivity index is 1.18. The van der Waals surface area contributed by atoms with Crippen LogP contribution in [0.3, 0.4) is 0 Å². The smallest absolute Gasteiger partial charge is 0.143 e. The van der Waals surface area contributed by atoms with Gasteiger partial charge in [-0.05, 0) is 105 Å². The van der Waals surface area contributed by atoms with Gasteiger partial charge in [0, 0.05) is 33.4 Å².